The number of pyridine rings is 1. The lowest BCUT2D eigenvalue weighted by molar-refractivity contribution is -0.115. The van der Waals surface area contributed by atoms with Crippen LogP contribution in [0.2, 0.25) is 0 Å². The Morgan fingerprint density at radius 2 is 1.74 bits per heavy atom. The summed E-state index contributed by atoms with van der Waals surface area (Å²) >= 11 is 1.38. The van der Waals surface area contributed by atoms with Gasteiger partial charge in [-0.05, 0) is 54.8 Å². The van der Waals surface area contributed by atoms with E-state index in [9.17, 15) is 4.79 Å². The van der Waals surface area contributed by atoms with Gasteiger partial charge in [0.05, 0.1) is 18.3 Å². The van der Waals surface area contributed by atoms with Crippen LogP contribution in [-0.2, 0) is 4.79 Å². The Kier molecular flexibility index (Phi) is 5.94. The molecule has 1 unspecified atom stereocenters. The number of fused-ring (bicyclic) bond motifs is 3. The molecule has 5 rings (SSSR count). The van der Waals surface area contributed by atoms with E-state index >= 15 is 0 Å². The van der Waals surface area contributed by atoms with Crippen molar-refractivity contribution < 1.29 is 9.53 Å². The number of methoxy groups -OCH3 is 1. The first-order valence-electron chi connectivity index (χ1n) is 11.0. The lowest BCUT2D eigenvalue weighted by Gasteiger charge is -2.18. The van der Waals surface area contributed by atoms with Gasteiger partial charge >= 0.3 is 0 Å². The number of para-hydroxylation sites is 1. The highest BCUT2D eigenvalue weighted by atomic mass is 32.2. The van der Waals surface area contributed by atoms with Gasteiger partial charge in [0.25, 0.3) is 0 Å². The first-order chi connectivity index (χ1) is 16.5. The lowest BCUT2D eigenvalue weighted by atomic mass is 10.1. The number of nitrogens with zero attached hydrogens (tertiary/aromatic N) is 3. The van der Waals surface area contributed by atoms with Crippen LogP contribution in [0.4, 0.5) is 5.69 Å². The molecule has 5 aromatic rings. The number of nitrogens with one attached hydrogen (secondary N) is 1. The number of anilines is 1. The van der Waals surface area contributed by atoms with Crippen molar-refractivity contribution in [3.8, 4) is 5.75 Å². The fraction of sp³-hybridized carbons (Fsp3) is 0.148. The minimum absolute atomic E-state index is 0.159. The second kappa shape index (κ2) is 9.19. The van der Waals surface area contributed by atoms with Crippen molar-refractivity contribution >= 4 is 39.9 Å². The second-order valence-corrected chi connectivity index (χ2v) is 9.19. The predicted octanol–water partition coefficient (Wildman–Crippen LogP) is 5.98. The van der Waals surface area contributed by atoms with Gasteiger partial charge < -0.3 is 10.1 Å². The summed E-state index contributed by atoms with van der Waals surface area (Å²) in [5.41, 5.74) is 5.45. The average Bonchev–Trinajstić information content (AvgIpc) is 3.26. The Labute approximate surface area is 202 Å². The molecule has 0 radical (unpaired) electrons. The molecule has 6 nitrogen and oxygen atoms in total. The van der Waals surface area contributed by atoms with E-state index in [4.69, 9.17) is 4.74 Å². The van der Waals surface area contributed by atoms with Crippen molar-refractivity contribution in [3.05, 3.63) is 95.6 Å². The molecule has 1 atom stereocenters. The zero-order valence-electron chi connectivity index (χ0n) is 19.1. The van der Waals surface area contributed by atoms with E-state index in [1.54, 1.807) is 7.11 Å². The van der Waals surface area contributed by atoms with E-state index in [1.165, 1.54) is 11.8 Å². The van der Waals surface area contributed by atoms with Gasteiger partial charge in [-0.25, -0.2) is 0 Å². The summed E-state index contributed by atoms with van der Waals surface area (Å²) < 4.78 is 7.48. The smallest absolute Gasteiger partial charge is 0.242 e. The largest absolute Gasteiger partial charge is 0.495 e. The van der Waals surface area contributed by atoms with Gasteiger partial charge in [-0.2, -0.15) is 0 Å². The van der Waals surface area contributed by atoms with Crippen LogP contribution in [0.1, 0.15) is 21.9 Å². The molecule has 1 N–H and O–H groups in total. The second-order valence-electron chi connectivity index (χ2n) is 8.12. The molecule has 170 valence electrons. The maximum absolute atomic E-state index is 13.6. The molecule has 1 amide bonds. The van der Waals surface area contributed by atoms with Crippen molar-refractivity contribution in [1.82, 2.24) is 14.6 Å². The van der Waals surface area contributed by atoms with Gasteiger partial charge in [0.2, 0.25) is 5.91 Å². The maximum Gasteiger partial charge on any atom is 0.242 e. The number of aryl methyl sites for hydroxylation is 2. The number of aromatic nitrogens is 3. The first-order valence-corrected chi connectivity index (χ1v) is 11.8. The Hall–Kier alpha value is -3.84. The Balaban J connectivity index is 1.57. The third kappa shape index (κ3) is 4.10. The van der Waals surface area contributed by atoms with E-state index in [-0.39, 0.29) is 5.91 Å². The van der Waals surface area contributed by atoms with Crippen LogP contribution in [0.3, 0.4) is 0 Å². The summed E-state index contributed by atoms with van der Waals surface area (Å²) in [5.74, 6) is 0.457. The van der Waals surface area contributed by atoms with E-state index < -0.39 is 5.25 Å². The van der Waals surface area contributed by atoms with Crippen molar-refractivity contribution in [3.63, 3.8) is 0 Å². The molecule has 3 aromatic carbocycles. The molecular formula is C27H24N4O2S. The van der Waals surface area contributed by atoms with E-state index in [0.29, 0.717) is 16.6 Å². The normalized spacial score (nSPS) is 12.1. The maximum atomic E-state index is 13.6. The molecule has 0 aliphatic rings. The summed E-state index contributed by atoms with van der Waals surface area (Å²) in [6, 6.07) is 25.6. The number of ether oxygens (including phenoxy) is 1. The molecule has 0 fully saturated rings. The summed E-state index contributed by atoms with van der Waals surface area (Å²) in [5, 5.41) is 13.2. The highest BCUT2D eigenvalue weighted by Gasteiger charge is 2.26. The molecule has 34 heavy (non-hydrogen) atoms. The molecule has 2 aromatic heterocycles. The van der Waals surface area contributed by atoms with Crippen molar-refractivity contribution in [2.45, 2.75) is 24.3 Å². The Bertz CT molecular complexity index is 1500. The highest BCUT2D eigenvalue weighted by Crippen LogP contribution is 2.38. The SMILES string of the molecule is COc1ccc(C)cc1NC(=O)C(Sc1nnc2cc(C)c3ccccc3n12)c1ccccc1. The number of carbonyl (C=O) groups excluding carboxylic acids is 1. The molecular weight excluding hydrogens is 444 g/mol. The van der Waals surface area contributed by atoms with Gasteiger partial charge in [-0.3, -0.25) is 9.20 Å². The molecule has 7 heteroatoms. The summed E-state index contributed by atoms with van der Waals surface area (Å²) in [6.07, 6.45) is 0. The van der Waals surface area contributed by atoms with E-state index in [0.717, 1.165) is 33.2 Å². The van der Waals surface area contributed by atoms with Gasteiger partial charge in [-0.15, -0.1) is 10.2 Å². The lowest BCUT2D eigenvalue weighted by Crippen LogP contribution is -2.20. The standard InChI is InChI=1S/C27H24N4O2S/c1-17-13-14-23(33-3)21(15-17)28-26(32)25(19-9-5-4-6-10-19)34-27-30-29-24-16-18(2)20-11-7-8-12-22(20)31(24)27/h4-16,25H,1-3H3,(H,28,32). The quantitative estimate of drug-likeness (QED) is 0.311. The number of hydrogen-bond acceptors (Lipinski definition) is 5. The Morgan fingerprint density at radius 3 is 2.53 bits per heavy atom. The molecule has 2 heterocycles. The minimum Gasteiger partial charge on any atom is -0.495 e. The molecule has 0 spiro atoms. The van der Waals surface area contributed by atoms with Crippen LogP contribution in [0.25, 0.3) is 16.6 Å². The number of carbonyl (C=O) groups is 1. The molecule has 0 aliphatic carbocycles. The third-order valence-corrected chi connectivity index (χ3v) is 6.95. The molecule has 0 saturated carbocycles. The highest BCUT2D eigenvalue weighted by molar-refractivity contribution is 8.00. The van der Waals surface area contributed by atoms with Crippen molar-refractivity contribution in [1.29, 1.82) is 0 Å². The van der Waals surface area contributed by atoms with Crippen LogP contribution >= 0.6 is 11.8 Å². The van der Waals surface area contributed by atoms with Crippen LogP contribution in [0, 0.1) is 13.8 Å². The average molecular weight is 469 g/mol. The zero-order chi connectivity index (χ0) is 23.7. The summed E-state index contributed by atoms with van der Waals surface area (Å²) in [7, 11) is 1.60. The Morgan fingerprint density at radius 1 is 0.971 bits per heavy atom. The van der Waals surface area contributed by atoms with Gasteiger partial charge in [0.1, 0.15) is 11.0 Å². The van der Waals surface area contributed by atoms with Crippen LogP contribution < -0.4 is 10.1 Å². The van der Waals surface area contributed by atoms with Gasteiger partial charge in [-0.1, -0.05) is 66.4 Å². The minimum atomic E-state index is -0.543. The number of amides is 1. The predicted molar refractivity (Wildman–Crippen MR) is 137 cm³/mol. The monoisotopic (exact) mass is 468 g/mol. The third-order valence-electron chi connectivity index (χ3n) is 5.75. The fourth-order valence-corrected chi connectivity index (χ4v) is 5.13. The van der Waals surface area contributed by atoms with Crippen molar-refractivity contribution in [2.24, 2.45) is 0 Å². The van der Waals surface area contributed by atoms with Crippen molar-refractivity contribution in [2.75, 3.05) is 12.4 Å². The first kappa shape index (κ1) is 22.0. The number of rotatable bonds is 6. The molecule has 0 aliphatic heterocycles. The van der Waals surface area contributed by atoms with Crippen LogP contribution in [0.5, 0.6) is 5.75 Å². The topological polar surface area (TPSA) is 68.5 Å². The van der Waals surface area contributed by atoms with Crippen LogP contribution in [0.15, 0.2) is 84.0 Å². The molecule has 0 saturated heterocycles. The summed E-state index contributed by atoms with van der Waals surface area (Å²) in [4.78, 5) is 13.6. The summed E-state index contributed by atoms with van der Waals surface area (Å²) in [6.45, 7) is 4.05. The zero-order valence-corrected chi connectivity index (χ0v) is 20.0. The number of benzene rings is 3. The van der Waals surface area contributed by atoms with Gasteiger partial charge in [0.15, 0.2) is 10.8 Å². The number of hydrogen-bond donors (Lipinski definition) is 1. The van der Waals surface area contributed by atoms with Gasteiger partial charge in [0, 0.05) is 5.39 Å². The van der Waals surface area contributed by atoms with E-state index in [2.05, 4.69) is 34.6 Å². The number of thioether (sulfide) groups is 1. The molecule has 0 bridgehead atoms. The van der Waals surface area contributed by atoms with E-state index in [1.807, 2.05) is 78.1 Å². The van der Waals surface area contributed by atoms with Crippen LogP contribution in [-0.4, -0.2) is 27.6 Å². The fourth-order valence-electron chi connectivity index (χ4n) is 4.08.